The van der Waals surface area contributed by atoms with Gasteiger partial charge in [-0.1, -0.05) is 31.4 Å². The van der Waals surface area contributed by atoms with E-state index in [9.17, 15) is 18.0 Å². The topological polar surface area (TPSA) is 66.0 Å². The average Bonchev–Trinajstić information content (AvgIpc) is 3.08. The number of nitrogens with one attached hydrogen (secondary N) is 2. The summed E-state index contributed by atoms with van der Waals surface area (Å²) in [6.07, 6.45) is 2.74. The van der Waals surface area contributed by atoms with E-state index in [0.717, 1.165) is 36.1 Å². The molecule has 1 aliphatic rings. The summed E-state index contributed by atoms with van der Waals surface area (Å²) in [5.74, 6) is 0.412. The monoisotopic (exact) mass is 433 g/mol. The molecule has 9 heteroatoms. The van der Waals surface area contributed by atoms with E-state index in [4.69, 9.17) is 5.10 Å². The Bertz CT molecular complexity index is 1100. The highest BCUT2D eigenvalue weighted by atomic mass is 19.4. The molecule has 1 saturated carbocycles. The summed E-state index contributed by atoms with van der Waals surface area (Å²) in [6, 6.07) is 6.47. The van der Waals surface area contributed by atoms with Gasteiger partial charge in [-0.15, -0.1) is 0 Å². The van der Waals surface area contributed by atoms with E-state index < -0.39 is 12.2 Å². The van der Waals surface area contributed by atoms with Crippen molar-refractivity contribution in [3.63, 3.8) is 0 Å². The van der Waals surface area contributed by atoms with Crippen molar-refractivity contribution >= 4 is 22.4 Å². The van der Waals surface area contributed by atoms with Crippen LogP contribution in [0.2, 0.25) is 0 Å². The van der Waals surface area contributed by atoms with E-state index in [1.807, 2.05) is 10.7 Å². The number of nitrogens with zero attached hydrogens (tertiary/aromatic N) is 3. The number of rotatable bonds is 5. The highest BCUT2D eigenvalue weighted by Gasteiger charge is 2.42. The molecule has 2 aromatic heterocycles. The number of hydrogen-bond donors (Lipinski definition) is 2. The molecule has 31 heavy (non-hydrogen) atoms. The predicted molar refractivity (Wildman–Crippen MR) is 115 cm³/mol. The van der Waals surface area contributed by atoms with Crippen LogP contribution in [0.25, 0.3) is 10.9 Å². The maximum atomic E-state index is 13.4. The Labute approximate surface area is 178 Å². The first-order valence-corrected chi connectivity index (χ1v) is 10.5. The first-order chi connectivity index (χ1) is 14.8. The lowest BCUT2D eigenvalue weighted by molar-refractivity contribution is -0.179. The van der Waals surface area contributed by atoms with Gasteiger partial charge in [0.05, 0.1) is 11.6 Å². The zero-order chi connectivity index (χ0) is 22.2. The van der Waals surface area contributed by atoms with Crippen LogP contribution >= 0.6 is 0 Å². The van der Waals surface area contributed by atoms with Gasteiger partial charge >= 0.3 is 6.18 Å². The van der Waals surface area contributed by atoms with Crippen LogP contribution in [0.4, 0.5) is 24.7 Å². The molecule has 1 unspecified atom stereocenters. The summed E-state index contributed by atoms with van der Waals surface area (Å²) < 4.78 is 42.1. The first kappa shape index (κ1) is 21.4. The number of pyridine rings is 1. The van der Waals surface area contributed by atoms with Gasteiger partial charge < -0.3 is 10.3 Å². The van der Waals surface area contributed by atoms with Gasteiger partial charge in [0.1, 0.15) is 11.4 Å². The minimum Gasteiger partial charge on any atom is -0.338 e. The lowest BCUT2D eigenvalue weighted by Gasteiger charge is -2.27. The number of alkyl halides is 3. The number of aromatic nitrogens is 3. The van der Waals surface area contributed by atoms with Crippen LogP contribution < -0.4 is 10.9 Å². The summed E-state index contributed by atoms with van der Waals surface area (Å²) in [5.41, 5.74) is 1.24. The number of aromatic amines is 1. The normalized spacial score (nSPS) is 16.7. The van der Waals surface area contributed by atoms with Crippen LogP contribution in [0.3, 0.4) is 0 Å². The summed E-state index contributed by atoms with van der Waals surface area (Å²) in [5, 5.41) is 8.28. The van der Waals surface area contributed by atoms with Crippen molar-refractivity contribution in [1.82, 2.24) is 19.7 Å². The van der Waals surface area contributed by atoms with E-state index in [2.05, 4.69) is 10.3 Å². The van der Waals surface area contributed by atoms with Crippen LogP contribution in [-0.2, 0) is 0 Å². The standard InChI is InChI=1S/C22H26F3N5O/c1-29(2)19(22(23,24)25)14-8-10-15(11-9-14)27-20-18-17(12-13-26-21(18)31)30(28-20)16-6-4-3-5-7-16/h8-13,16,19H,3-7H2,1-2H3,(H,26,31)(H,27,28). The Balaban J connectivity index is 1.67. The highest BCUT2D eigenvalue weighted by molar-refractivity contribution is 5.91. The molecule has 0 saturated heterocycles. The Morgan fingerprint density at radius 3 is 2.42 bits per heavy atom. The summed E-state index contributed by atoms with van der Waals surface area (Å²) in [7, 11) is 2.81. The predicted octanol–water partition coefficient (Wildman–Crippen LogP) is 5.14. The summed E-state index contributed by atoms with van der Waals surface area (Å²) >= 11 is 0. The Kier molecular flexibility index (Phi) is 5.79. The number of anilines is 2. The Morgan fingerprint density at radius 2 is 1.81 bits per heavy atom. The third-order valence-corrected chi connectivity index (χ3v) is 5.87. The molecule has 0 amide bonds. The molecule has 0 radical (unpaired) electrons. The minimum atomic E-state index is -4.37. The van der Waals surface area contributed by atoms with Crippen molar-refractivity contribution in [2.24, 2.45) is 0 Å². The fraction of sp³-hybridized carbons (Fsp3) is 0.455. The van der Waals surface area contributed by atoms with Gasteiger partial charge in [0.25, 0.3) is 5.56 Å². The maximum absolute atomic E-state index is 13.4. The third kappa shape index (κ3) is 4.32. The summed E-state index contributed by atoms with van der Waals surface area (Å²) in [4.78, 5) is 16.4. The quantitative estimate of drug-likeness (QED) is 0.585. The minimum absolute atomic E-state index is 0.151. The fourth-order valence-electron chi connectivity index (χ4n) is 4.46. The van der Waals surface area contributed by atoms with Crippen LogP contribution in [-0.4, -0.2) is 39.9 Å². The van der Waals surface area contributed by atoms with E-state index in [-0.39, 0.29) is 17.2 Å². The number of hydrogen-bond acceptors (Lipinski definition) is 4. The van der Waals surface area contributed by atoms with Gasteiger partial charge in [-0.2, -0.15) is 18.3 Å². The van der Waals surface area contributed by atoms with E-state index in [1.165, 1.54) is 32.6 Å². The second-order valence-electron chi connectivity index (χ2n) is 8.31. The van der Waals surface area contributed by atoms with Crippen molar-refractivity contribution in [3.8, 4) is 0 Å². The molecule has 1 atom stereocenters. The van der Waals surface area contributed by atoms with E-state index in [0.29, 0.717) is 16.9 Å². The zero-order valence-electron chi connectivity index (χ0n) is 17.5. The van der Waals surface area contributed by atoms with E-state index >= 15 is 0 Å². The Hall–Kier alpha value is -2.81. The first-order valence-electron chi connectivity index (χ1n) is 10.5. The molecule has 0 spiro atoms. The second kappa shape index (κ2) is 8.37. The number of halogens is 3. The van der Waals surface area contributed by atoms with Gasteiger partial charge in [-0.3, -0.25) is 14.4 Å². The molecular formula is C22H26F3N5O. The van der Waals surface area contributed by atoms with Crippen LogP contribution in [0.1, 0.15) is 49.8 Å². The van der Waals surface area contributed by atoms with Gasteiger partial charge in [-0.05, 0) is 50.7 Å². The Morgan fingerprint density at radius 1 is 1.13 bits per heavy atom. The van der Waals surface area contributed by atoms with Crippen molar-refractivity contribution in [1.29, 1.82) is 0 Å². The molecule has 2 heterocycles. The van der Waals surface area contributed by atoms with Crippen LogP contribution in [0.15, 0.2) is 41.3 Å². The highest BCUT2D eigenvalue weighted by Crippen LogP contribution is 2.37. The average molecular weight is 433 g/mol. The molecule has 1 aromatic carbocycles. The number of benzene rings is 1. The van der Waals surface area contributed by atoms with Crippen LogP contribution in [0, 0.1) is 0 Å². The van der Waals surface area contributed by atoms with Crippen molar-refractivity contribution in [2.45, 2.75) is 50.4 Å². The molecular weight excluding hydrogens is 407 g/mol. The van der Waals surface area contributed by atoms with Gasteiger partial charge in [0, 0.05) is 11.9 Å². The fourth-order valence-corrected chi connectivity index (χ4v) is 4.46. The SMILES string of the molecule is CN(C)C(c1ccc(Nc2nn(C3CCCCC3)c3cc[nH]c(=O)c23)cc1)C(F)(F)F. The van der Waals surface area contributed by atoms with Crippen molar-refractivity contribution in [2.75, 3.05) is 19.4 Å². The van der Waals surface area contributed by atoms with E-state index in [1.54, 1.807) is 18.3 Å². The maximum Gasteiger partial charge on any atom is 0.408 e. The molecule has 1 aliphatic carbocycles. The summed E-state index contributed by atoms with van der Waals surface area (Å²) in [6.45, 7) is 0. The third-order valence-electron chi connectivity index (χ3n) is 5.87. The molecule has 166 valence electrons. The molecule has 6 nitrogen and oxygen atoms in total. The van der Waals surface area contributed by atoms with Crippen molar-refractivity contribution in [3.05, 3.63) is 52.4 Å². The molecule has 1 fully saturated rings. The smallest absolute Gasteiger partial charge is 0.338 e. The zero-order valence-corrected chi connectivity index (χ0v) is 17.5. The lowest BCUT2D eigenvalue weighted by atomic mass is 9.95. The molecule has 0 aliphatic heterocycles. The van der Waals surface area contributed by atoms with Crippen LogP contribution in [0.5, 0.6) is 0 Å². The molecule has 4 rings (SSSR count). The number of fused-ring (bicyclic) bond motifs is 1. The lowest BCUT2D eigenvalue weighted by Crippen LogP contribution is -2.33. The van der Waals surface area contributed by atoms with Gasteiger partial charge in [0.15, 0.2) is 5.82 Å². The van der Waals surface area contributed by atoms with Crippen molar-refractivity contribution < 1.29 is 13.2 Å². The second-order valence-corrected chi connectivity index (χ2v) is 8.31. The largest absolute Gasteiger partial charge is 0.408 e. The molecule has 0 bridgehead atoms. The van der Waals surface area contributed by atoms with Gasteiger partial charge in [0.2, 0.25) is 0 Å². The van der Waals surface area contributed by atoms with Gasteiger partial charge in [-0.25, -0.2) is 0 Å². The number of H-pyrrole nitrogens is 1. The molecule has 3 aromatic rings. The molecule has 2 N–H and O–H groups in total.